The number of rotatable bonds is 6. The van der Waals surface area contributed by atoms with Crippen molar-refractivity contribution in [2.75, 3.05) is 13.2 Å². The van der Waals surface area contributed by atoms with E-state index in [4.69, 9.17) is 10.5 Å². The number of ether oxygens (including phenoxy) is 1. The summed E-state index contributed by atoms with van der Waals surface area (Å²) in [6.45, 7) is 5.52. The SMILES string of the molecule is CCC(C)(CCN)NC(=O)CC1CCCO1. The molecule has 1 aliphatic heterocycles. The molecule has 0 bridgehead atoms. The minimum absolute atomic E-state index is 0.0877. The summed E-state index contributed by atoms with van der Waals surface area (Å²) in [6.07, 6.45) is 4.42. The van der Waals surface area contributed by atoms with E-state index in [0.29, 0.717) is 13.0 Å². The summed E-state index contributed by atoms with van der Waals surface area (Å²) < 4.78 is 5.45. The van der Waals surface area contributed by atoms with Crippen LogP contribution in [0.25, 0.3) is 0 Å². The summed E-state index contributed by atoms with van der Waals surface area (Å²) in [5.74, 6) is 0.0877. The second-order valence-electron chi connectivity index (χ2n) is 4.84. The van der Waals surface area contributed by atoms with Crippen LogP contribution in [0, 0.1) is 0 Å². The fourth-order valence-electron chi connectivity index (χ4n) is 2.05. The first-order chi connectivity index (χ1) is 7.59. The van der Waals surface area contributed by atoms with Gasteiger partial charge in [-0.05, 0) is 39.2 Å². The number of hydrogen-bond acceptors (Lipinski definition) is 3. The molecule has 2 atom stereocenters. The molecule has 16 heavy (non-hydrogen) atoms. The van der Waals surface area contributed by atoms with Gasteiger partial charge in [-0.2, -0.15) is 0 Å². The lowest BCUT2D eigenvalue weighted by Gasteiger charge is -2.29. The highest BCUT2D eigenvalue weighted by Gasteiger charge is 2.26. The first-order valence-corrected chi connectivity index (χ1v) is 6.22. The van der Waals surface area contributed by atoms with Crippen molar-refractivity contribution in [3.63, 3.8) is 0 Å². The molecule has 94 valence electrons. The molecule has 3 N–H and O–H groups in total. The van der Waals surface area contributed by atoms with Gasteiger partial charge < -0.3 is 15.8 Å². The third-order valence-corrected chi connectivity index (χ3v) is 3.35. The van der Waals surface area contributed by atoms with Crippen molar-refractivity contribution in [3.05, 3.63) is 0 Å². The Morgan fingerprint density at radius 2 is 2.38 bits per heavy atom. The van der Waals surface area contributed by atoms with E-state index >= 15 is 0 Å². The Morgan fingerprint density at radius 1 is 1.62 bits per heavy atom. The minimum atomic E-state index is -0.162. The monoisotopic (exact) mass is 228 g/mol. The molecule has 1 saturated heterocycles. The van der Waals surface area contributed by atoms with Crippen LogP contribution in [0.2, 0.25) is 0 Å². The molecule has 0 aliphatic carbocycles. The van der Waals surface area contributed by atoms with Gasteiger partial charge in [0, 0.05) is 12.1 Å². The van der Waals surface area contributed by atoms with Gasteiger partial charge in [0.1, 0.15) is 0 Å². The summed E-state index contributed by atoms with van der Waals surface area (Å²) in [5, 5.41) is 3.07. The van der Waals surface area contributed by atoms with Gasteiger partial charge >= 0.3 is 0 Å². The lowest BCUT2D eigenvalue weighted by atomic mass is 9.94. The molecule has 0 saturated carbocycles. The molecule has 1 aliphatic rings. The predicted octanol–water partition coefficient (Wildman–Crippen LogP) is 1.19. The normalized spacial score (nSPS) is 24.1. The van der Waals surface area contributed by atoms with E-state index in [0.717, 1.165) is 32.3 Å². The van der Waals surface area contributed by atoms with Gasteiger partial charge in [-0.15, -0.1) is 0 Å². The molecule has 0 aromatic heterocycles. The van der Waals surface area contributed by atoms with E-state index in [1.165, 1.54) is 0 Å². The van der Waals surface area contributed by atoms with Gasteiger partial charge in [0.05, 0.1) is 12.5 Å². The van der Waals surface area contributed by atoms with Gasteiger partial charge in [-0.3, -0.25) is 4.79 Å². The number of nitrogens with two attached hydrogens (primary N) is 1. The van der Waals surface area contributed by atoms with Crippen LogP contribution >= 0.6 is 0 Å². The summed E-state index contributed by atoms with van der Waals surface area (Å²) >= 11 is 0. The van der Waals surface area contributed by atoms with Gasteiger partial charge in [0.15, 0.2) is 0 Å². The zero-order valence-electron chi connectivity index (χ0n) is 10.4. The molecule has 1 fully saturated rings. The average Bonchev–Trinajstić information content (AvgIpc) is 2.70. The average molecular weight is 228 g/mol. The lowest BCUT2D eigenvalue weighted by molar-refractivity contribution is -0.125. The molecular formula is C12H24N2O2. The van der Waals surface area contributed by atoms with E-state index in [2.05, 4.69) is 12.2 Å². The largest absolute Gasteiger partial charge is 0.378 e. The second kappa shape index (κ2) is 6.21. The topological polar surface area (TPSA) is 64.3 Å². The highest BCUT2D eigenvalue weighted by molar-refractivity contribution is 5.77. The first-order valence-electron chi connectivity index (χ1n) is 6.22. The van der Waals surface area contributed by atoms with Gasteiger partial charge in [-0.25, -0.2) is 0 Å². The molecule has 2 unspecified atom stereocenters. The Kier molecular flexibility index (Phi) is 5.22. The molecular weight excluding hydrogens is 204 g/mol. The summed E-state index contributed by atoms with van der Waals surface area (Å²) in [6, 6.07) is 0. The summed E-state index contributed by atoms with van der Waals surface area (Å²) in [7, 11) is 0. The van der Waals surface area contributed by atoms with Crippen LogP contribution in [0.1, 0.15) is 46.0 Å². The van der Waals surface area contributed by atoms with Crippen molar-refractivity contribution in [3.8, 4) is 0 Å². The maximum absolute atomic E-state index is 11.8. The van der Waals surface area contributed by atoms with Crippen molar-refractivity contribution in [1.82, 2.24) is 5.32 Å². The quantitative estimate of drug-likeness (QED) is 0.717. The maximum Gasteiger partial charge on any atom is 0.223 e. The molecule has 0 radical (unpaired) electrons. The van der Waals surface area contributed by atoms with E-state index < -0.39 is 0 Å². The molecule has 0 spiro atoms. The lowest BCUT2D eigenvalue weighted by Crippen LogP contribution is -2.47. The number of nitrogens with one attached hydrogen (secondary N) is 1. The minimum Gasteiger partial charge on any atom is -0.378 e. The van der Waals surface area contributed by atoms with E-state index in [-0.39, 0.29) is 17.6 Å². The van der Waals surface area contributed by atoms with Crippen molar-refractivity contribution < 1.29 is 9.53 Å². The Bertz CT molecular complexity index is 227. The molecule has 0 aromatic rings. The molecule has 0 aromatic carbocycles. The van der Waals surface area contributed by atoms with Crippen LogP contribution < -0.4 is 11.1 Å². The highest BCUT2D eigenvalue weighted by atomic mass is 16.5. The van der Waals surface area contributed by atoms with Crippen LogP contribution in [0.5, 0.6) is 0 Å². The van der Waals surface area contributed by atoms with Crippen LogP contribution in [-0.2, 0) is 9.53 Å². The van der Waals surface area contributed by atoms with E-state index in [9.17, 15) is 4.79 Å². The Balaban J connectivity index is 2.35. The number of carbonyl (C=O) groups excluding carboxylic acids is 1. The summed E-state index contributed by atoms with van der Waals surface area (Å²) in [5.41, 5.74) is 5.39. The molecule has 1 heterocycles. The van der Waals surface area contributed by atoms with Crippen molar-refractivity contribution in [2.24, 2.45) is 5.73 Å². The Morgan fingerprint density at radius 3 is 2.88 bits per heavy atom. The van der Waals surface area contributed by atoms with Crippen LogP contribution in [0.15, 0.2) is 0 Å². The fraction of sp³-hybridized carbons (Fsp3) is 0.917. The van der Waals surface area contributed by atoms with E-state index in [1.807, 2.05) is 6.92 Å². The van der Waals surface area contributed by atoms with Gasteiger partial charge in [-0.1, -0.05) is 6.92 Å². The standard InChI is InChI=1S/C12H24N2O2/c1-3-12(2,6-7-13)14-11(15)9-10-5-4-8-16-10/h10H,3-9,13H2,1-2H3,(H,14,15). The van der Waals surface area contributed by atoms with Crippen molar-refractivity contribution >= 4 is 5.91 Å². The predicted molar refractivity (Wildman–Crippen MR) is 64.1 cm³/mol. The Labute approximate surface area is 97.9 Å². The van der Waals surface area contributed by atoms with Crippen molar-refractivity contribution in [2.45, 2.75) is 57.6 Å². The first kappa shape index (κ1) is 13.5. The number of hydrogen-bond donors (Lipinski definition) is 2. The van der Waals surface area contributed by atoms with Gasteiger partial charge in [0.25, 0.3) is 0 Å². The summed E-state index contributed by atoms with van der Waals surface area (Å²) in [4.78, 5) is 11.8. The van der Waals surface area contributed by atoms with Crippen LogP contribution in [0.4, 0.5) is 0 Å². The molecule has 1 amide bonds. The fourth-order valence-corrected chi connectivity index (χ4v) is 2.05. The number of amides is 1. The highest BCUT2D eigenvalue weighted by Crippen LogP contribution is 2.17. The van der Waals surface area contributed by atoms with E-state index in [1.54, 1.807) is 0 Å². The molecule has 4 heteroatoms. The maximum atomic E-state index is 11.8. The third kappa shape index (κ3) is 4.10. The van der Waals surface area contributed by atoms with Gasteiger partial charge in [0.2, 0.25) is 5.91 Å². The smallest absolute Gasteiger partial charge is 0.223 e. The molecule has 4 nitrogen and oxygen atoms in total. The zero-order valence-corrected chi connectivity index (χ0v) is 10.4. The molecule has 1 rings (SSSR count). The van der Waals surface area contributed by atoms with Crippen molar-refractivity contribution in [1.29, 1.82) is 0 Å². The van der Waals surface area contributed by atoms with Crippen LogP contribution in [0.3, 0.4) is 0 Å². The second-order valence-corrected chi connectivity index (χ2v) is 4.84. The number of carbonyl (C=O) groups is 1. The zero-order chi connectivity index (χ0) is 12.0. The Hall–Kier alpha value is -0.610. The van der Waals surface area contributed by atoms with Crippen LogP contribution in [-0.4, -0.2) is 30.7 Å². The third-order valence-electron chi connectivity index (χ3n) is 3.35.